The molecule has 6 heteroatoms. The van der Waals surface area contributed by atoms with Crippen LogP contribution in [0.1, 0.15) is 24.4 Å². The van der Waals surface area contributed by atoms with E-state index in [1.54, 1.807) is 0 Å². The molecule has 0 saturated heterocycles. The lowest BCUT2D eigenvalue weighted by Crippen LogP contribution is -2.18. The van der Waals surface area contributed by atoms with Gasteiger partial charge in [-0.1, -0.05) is 35.9 Å². The number of aromatic nitrogens is 2. The lowest BCUT2D eigenvalue weighted by molar-refractivity contribution is 0.454. The van der Waals surface area contributed by atoms with E-state index in [0.29, 0.717) is 18.3 Å². The zero-order valence-corrected chi connectivity index (χ0v) is 14.8. The molecule has 1 atom stereocenters. The van der Waals surface area contributed by atoms with Crippen LogP contribution in [-0.2, 0) is 6.54 Å². The van der Waals surface area contributed by atoms with Gasteiger partial charge in [-0.05, 0) is 52.7 Å². The van der Waals surface area contributed by atoms with Gasteiger partial charge >= 0.3 is 0 Å². The molecule has 23 heavy (non-hydrogen) atoms. The number of nitrogens with one attached hydrogen (secondary N) is 1. The molecular formula is C17H15BrClN3O. The Morgan fingerprint density at radius 1 is 1.13 bits per heavy atom. The Balaban J connectivity index is 1.65. The molecule has 4 nitrogen and oxygen atoms in total. The summed E-state index contributed by atoms with van der Waals surface area (Å²) in [5.41, 5.74) is 2.04. The predicted octanol–water partition coefficient (Wildman–Crippen LogP) is 5.00. The highest BCUT2D eigenvalue weighted by Crippen LogP contribution is 2.26. The summed E-state index contributed by atoms with van der Waals surface area (Å²) in [5.74, 6) is 1.06. The largest absolute Gasteiger partial charge is 0.419 e. The van der Waals surface area contributed by atoms with Gasteiger partial charge in [-0.3, -0.25) is 0 Å². The summed E-state index contributed by atoms with van der Waals surface area (Å²) in [4.78, 5) is 0. The Morgan fingerprint density at radius 2 is 1.87 bits per heavy atom. The first-order valence-corrected chi connectivity index (χ1v) is 8.36. The van der Waals surface area contributed by atoms with E-state index in [4.69, 9.17) is 16.0 Å². The summed E-state index contributed by atoms with van der Waals surface area (Å²) in [7, 11) is 0. The molecule has 0 saturated carbocycles. The Hall–Kier alpha value is -1.69. The van der Waals surface area contributed by atoms with Crippen LogP contribution in [0, 0.1) is 0 Å². The van der Waals surface area contributed by atoms with Crippen LogP contribution in [0.15, 0.2) is 57.4 Å². The fraction of sp³-hybridized carbons (Fsp3) is 0.176. The van der Waals surface area contributed by atoms with Gasteiger partial charge in [0.2, 0.25) is 11.8 Å². The van der Waals surface area contributed by atoms with Crippen LogP contribution in [0.2, 0.25) is 5.02 Å². The number of halogens is 2. The van der Waals surface area contributed by atoms with E-state index in [9.17, 15) is 0 Å². The quantitative estimate of drug-likeness (QED) is 0.663. The maximum atomic E-state index is 5.91. The van der Waals surface area contributed by atoms with Gasteiger partial charge in [-0.15, -0.1) is 10.2 Å². The van der Waals surface area contributed by atoms with Crippen LogP contribution in [0.25, 0.3) is 11.5 Å². The van der Waals surface area contributed by atoms with Crippen molar-refractivity contribution in [2.75, 3.05) is 0 Å². The van der Waals surface area contributed by atoms with Crippen LogP contribution in [0.5, 0.6) is 0 Å². The minimum Gasteiger partial charge on any atom is -0.419 e. The SMILES string of the molecule is C[C@H](NCc1nnc(-c2ccccc2Br)o1)c1ccc(Cl)cc1. The number of hydrogen-bond acceptors (Lipinski definition) is 4. The molecule has 0 aliphatic rings. The monoisotopic (exact) mass is 391 g/mol. The average Bonchev–Trinajstić information content (AvgIpc) is 3.02. The topological polar surface area (TPSA) is 51.0 Å². The molecule has 1 N–H and O–H groups in total. The number of benzene rings is 2. The molecule has 0 amide bonds. The fourth-order valence-electron chi connectivity index (χ4n) is 2.18. The minimum atomic E-state index is 0.158. The van der Waals surface area contributed by atoms with Gasteiger partial charge < -0.3 is 9.73 Å². The molecule has 3 rings (SSSR count). The molecule has 2 aromatic carbocycles. The first kappa shape index (κ1) is 16.2. The normalized spacial score (nSPS) is 12.3. The van der Waals surface area contributed by atoms with Crippen LogP contribution >= 0.6 is 27.5 Å². The highest BCUT2D eigenvalue weighted by Gasteiger charge is 2.12. The second kappa shape index (κ2) is 7.25. The highest BCUT2D eigenvalue weighted by molar-refractivity contribution is 9.10. The first-order valence-electron chi connectivity index (χ1n) is 7.19. The number of rotatable bonds is 5. The summed E-state index contributed by atoms with van der Waals surface area (Å²) < 4.78 is 6.65. The molecule has 0 radical (unpaired) electrons. The highest BCUT2D eigenvalue weighted by atomic mass is 79.9. The second-order valence-electron chi connectivity index (χ2n) is 5.13. The lowest BCUT2D eigenvalue weighted by atomic mass is 10.1. The predicted molar refractivity (Wildman–Crippen MR) is 94.1 cm³/mol. The van der Waals surface area contributed by atoms with E-state index in [1.807, 2.05) is 48.5 Å². The van der Waals surface area contributed by atoms with Crippen molar-refractivity contribution in [3.63, 3.8) is 0 Å². The van der Waals surface area contributed by atoms with E-state index in [-0.39, 0.29) is 6.04 Å². The third-order valence-electron chi connectivity index (χ3n) is 3.50. The molecule has 118 valence electrons. The van der Waals surface area contributed by atoms with Crippen molar-refractivity contribution in [3.8, 4) is 11.5 Å². The maximum Gasteiger partial charge on any atom is 0.248 e. The van der Waals surface area contributed by atoms with Gasteiger partial charge in [-0.2, -0.15) is 0 Å². The van der Waals surface area contributed by atoms with E-state index < -0.39 is 0 Å². The maximum absolute atomic E-state index is 5.91. The van der Waals surface area contributed by atoms with Crippen LogP contribution in [0.4, 0.5) is 0 Å². The van der Waals surface area contributed by atoms with Gasteiger partial charge in [0.25, 0.3) is 0 Å². The Bertz CT molecular complexity index is 789. The molecular weight excluding hydrogens is 378 g/mol. The van der Waals surface area contributed by atoms with Gasteiger partial charge in [0.05, 0.1) is 12.1 Å². The molecule has 3 aromatic rings. The van der Waals surface area contributed by atoms with Crippen molar-refractivity contribution >= 4 is 27.5 Å². The third-order valence-corrected chi connectivity index (χ3v) is 4.44. The van der Waals surface area contributed by atoms with Gasteiger partial charge in [0, 0.05) is 15.5 Å². The van der Waals surface area contributed by atoms with Crippen molar-refractivity contribution in [1.29, 1.82) is 0 Å². The molecule has 1 heterocycles. The number of hydrogen-bond donors (Lipinski definition) is 1. The molecule has 0 aliphatic carbocycles. The van der Waals surface area contributed by atoms with E-state index in [2.05, 4.69) is 38.4 Å². The molecule has 0 aliphatic heterocycles. The standard InChI is InChI=1S/C17H15BrClN3O/c1-11(12-6-8-13(19)9-7-12)20-10-16-21-22-17(23-16)14-4-2-3-5-15(14)18/h2-9,11,20H,10H2,1H3/t11-/m0/s1. The summed E-state index contributed by atoms with van der Waals surface area (Å²) in [5, 5.41) is 12.3. The molecule has 0 bridgehead atoms. The molecule has 0 unspecified atom stereocenters. The smallest absolute Gasteiger partial charge is 0.248 e. The van der Waals surface area contributed by atoms with E-state index >= 15 is 0 Å². The minimum absolute atomic E-state index is 0.158. The Labute approximate surface area is 148 Å². The van der Waals surface area contributed by atoms with Crippen molar-refractivity contribution in [2.45, 2.75) is 19.5 Å². The van der Waals surface area contributed by atoms with Crippen molar-refractivity contribution < 1.29 is 4.42 Å². The number of nitrogens with zero attached hydrogens (tertiary/aromatic N) is 2. The zero-order valence-electron chi connectivity index (χ0n) is 12.5. The van der Waals surface area contributed by atoms with Crippen LogP contribution in [0.3, 0.4) is 0 Å². The van der Waals surface area contributed by atoms with Crippen molar-refractivity contribution in [2.24, 2.45) is 0 Å². The summed E-state index contributed by atoms with van der Waals surface area (Å²) >= 11 is 9.39. The van der Waals surface area contributed by atoms with Gasteiger partial charge in [0.15, 0.2) is 0 Å². The Kier molecular flexibility index (Phi) is 5.10. The molecule has 0 fully saturated rings. The summed E-state index contributed by atoms with van der Waals surface area (Å²) in [6.45, 7) is 2.58. The van der Waals surface area contributed by atoms with E-state index in [1.165, 1.54) is 0 Å². The second-order valence-corrected chi connectivity index (χ2v) is 6.43. The molecule has 0 spiro atoms. The summed E-state index contributed by atoms with van der Waals surface area (Å²) in [6.07, 6.45) is 0. The first-order chi connectivity index (χ1) is 11.1. The average molecular weight is 393 g/mol. The van der Waals surface area contributed by atoms with Gasteiger partial charge in [-0.25, -0.2) is 0 Å². The van der Waals surface area contributed by atoms with Crippen molar-refractivity contribution in [3.05, 3.63) is 69.5 Å². The lowest BCUT2D eigenvalue weighted by Gasteiger charge is -2.12. The summed E-state index contributed by atoms with van der Waals surface area (Å²) in [6, 6.07) is 15.7. The third kappa shape index (κ3) is 3.99. The van der Waals surface area contributed by atoms with Crippen molar-refractivity contribution in [1.82, 2.24) is 15.5 Å². The van der Waals surface area contributed by atoms with E-state index in [0.717, 1.165) is 20.6 Å². The Morgan fingerprint density at radius 3 is 2.61 bits per heavy atom. The zero-order chi connectivity index (χ0) is 16.2. The van der Waals surface area contributed by atoms with Crippen LogP contribution in [-0.4, -0.2) is 10.2 Å². The van der Waals surface area contributed by atoms with Crippen LogP contribution < -0.4 is 5.32 Å². The fourth-order valence-corrected chi connectivity index (χ4v) is 2.76. The molecule has 1 aromatic heterocycles. The van der Waals surface area contributed by atoms with Gasteiger partial charge in [0.1, 0.15) is 0 Å².